The second kappa shape index (κ2) is 7.38. The lowest BCUT2D eigenvalue weighted by molar-refractivity contribution is 0.0953. The maximum atomic E-state index is 12.3. The Bertz CT molecular complexity index is 688. The third-order valence-electron chi connectivity index (χ3n) is 3.61. The molecule has 5 heteroatoms. The molecular weight excluding hydrogens is 314 g/mol. The number of hydrogen-bond acceptors (Lipinski definition) is 3. The van der Waals surface area contributed by atoms with Gasteiger partial charge in [0.15, 0.2) is 11.5 Å². The fourth-order valence-electron chi connectivity index (χ4n) is 2.43. The first-order valence-corrected chi connectivity index (χ1v) is 8.03. The van der Waals surface area contributed by atoms with Gasteiger partial charge in [-0.15, -0.1) is 0 Å². The third kappa shape index (κ3) is 3.96. The van der Waals surface area contributed by atoms with Gasteiger partial charge in [0.1, 0.15) is 0 Å². The highest BCUT2D eigenvalue weighted by Crippen LogP contribution is 2.37. The number of benzene rings is 2. The molecule has 120 valence electrons. The lowest BCUT2D eigenvalue weighted by atomic mass is 10.1. The topological polar surface area (TPSA) is 47.6 Å². The van der Waals surface area contributed by atoms with Gasteiger partial charge in [-0.25, -0.2) is 0 Å². The SMILES string of the molecule is O=C(NCCc1ccccc1)c1cc(Cl)c2c(c1)OCCCO2. The molecule has 0 aromatic heterocycles. The molecule has 1 amide bonds. The average molecular weight is 332 g/mol. The molecule has 2 aromatic carbocycles. The van der Waals surface area contributed by atoms with Crippen LogP contribution in [0, 0.1) is 0 Å². The summed E-state index contributed by atoms with van der Waals surface area (Å²) in [5.74, 6) is 0.881. The normalized spacial score (nSPS) is 13.3. The zero-order valence-corrected chi connectivity index (χ0v) is 13.4. The smallest absolute Gasteiger partial charge is 0.251 e. The van der Waals surface area contributed by atoms with Crippen LogP contribution >= 0.6 is 11.6 Å². The van der Waals surface area contributed by atoms with E-state index in [9.17, 15) is 4.79 Å². The Labute approximate surface area is 140 Å². The molecule has 0 saturated heterocycles. The summed E-state index contributed by atoms with van der Waals surface area (Å²) in [6.45, 7) is 1.69. The van der Waals surface area contributed by atoms with E-state index in [4.69, 9.17) is 21.1 Å². The lowest BCUT2D eigenvalue weighted by Gasteiger charge is -2.12. The zero-order chi connectivity index (χ0) is 16.1. The maximum Gasteiger partial charge on any atom is 0.251 e. The number of fused-ring (bicyclic) bond motifs is 1. The summed E-state index contributed by atoms with van der Waals surface area (Å²) in [4.78, 5) is 12.3. The molecule has 2 aromatic rings. The first kappa shape index (κ1) is 15.7. The minimum atomic E-state index is -0.168. The summed E-state index contributed by atoms with van der Waals surface area (Å²) >= 11 is 6.21. The molecule has 1 aliphatic rings. The Morgan fingerprint density at radius 1 is 1.13 bits per heavy atom. The summed E-state index contributed by atoms with van der Waals surface area (Å²) in [5, 5.41) is 3.30. The minimum absolute atomic E-state index is 0.168. The van der Waals surface area contributed by atoms with Gasteiger partial charge in [-0.2, -0.15) is 0 Å². The van der Waals surface area contributed by atoms with Crippen molar-refractivity contribution in [2.75, 3.05) is 19.8 Å². The fourth-order valence-corrected chi connectivity index (χ4v) is 2.69. The molecule has 0 radical (unpaired) electrons. The second-order valence-corrected chi connectivity index (χ2v) is 5.73. The van der Waals surface area contributed by atoms with Crippen LogP contribution in [0.2, 0.25) is 5.02 Å². The molecule has 1 aliphatic heterocycles. The van der Waals surface area contributed by atoms with Crippen LogP contribution < -0.4 is 14.8 Å². The van der Waals surface area contributed by atoms with Crippen molar-refractivity contribution in [1.29, 1.82) is 0 Å². The van der Waals surface area contributed by atoms with E-state index in [0.29, 0.717) is 41.8 Å². The van der Waals surface area contributed by atoms with Crippen LogP contribution in [0.1, 0.15) is 22.3 Å². The summed E-state index contributed by atoms with van der Waals surface area (Å²) in [7, 11) is 0. The van der Waals surface area contributed by atoms with Crippen molar-refractivity contribution in [2.45, 2.75) is 12.8 Å². The van der Waals surface area contributed by atoms with Gasteiger partial charge in [0.05, 0.1) is 18.2 Å². The van der Waals surface area contributed by atoms with Gasteiger partial charge in [0.2, 0.25) is 0 Å². The maximum absolute atomic E-state index is 12.3. The Balaban J connectivity index is 1.65. The summed E-state index contributed by atoms with van der Waals surface area (Å²) in [6.07, 6.45) is 1.58. The zero-order valence-electron chi connectivity index (χ0n) is 12.7. The van der Waals surface area contributed by atoms with Gasteiger partial charge >= 0.3 is 0 Å². The Hall–Kier alpha value is -2.20. The van der Waals surface area contributed by atoms with E-state index in [0.717, 1.165) is 12.8 Å². The molecule has 4 nitrogen and oxygen atoms in total. The van der Waals surface area contributed by atoms with Crippen molar-refractivity contribution in [3.63, 3.8) is 0 Å². The predicted octanol–water partition coefficient (Wildman–Crippen LogP) is 3.47. The lowest BCUT2D eigenvalue weighted by Crippen LogP contribution is -2.25. The predicted molar refractivity (Wildman–Crippen MR) is 89.5 cm³/mol. The first-order chi connectivity index (χ1) is 11.2. The molecule has 1 heterocycles. The minimum Gasteiger partial charge on any atom is -0.489 e. The Kier molecular flexibility index (Phi) is 5.03. The molecule has 0 spiro atoms. The number of carbonyl (C=O) groups is 1. The Morgan fingerprint density at radius 3 is 2.74 bits per heavy atom. The molecular formula is C18H18ClNO3. The van der Waals surface area contributed by atoms with E-state index < -0.39 is 0 Å². The number of rotatable bonds is 4. The van der Waals surface area contributed by atoms with E-state index in [1.807, 2.05) is 30.3 Å². The van der Waals surface area contributed by atoms with Gasteiger partial charge in [-0.3, -0.25) is 4.79 Å². The molecule has 0 saturated carbocycles. The molecule has 0 bridgehead atoms. The van der Waals surface area contributed by atoms with Gasteiger partial charge < -0.3 is 14.8 Å². The highest BCUT2D eigenvalue weighted by atomic mass is 35.5. The van der Waals surface area contributed by atoms with Crippen molar-refractivity contribution in [3.05, 3.63) is 58.6 Å². The summed E-state index contributed by atoms with van der Waals surface area (Å²) in [5.41, 5.74) is 1.66. The van der Waals surface area contributed by atoms with Gasteiger partial charge in [0, 0.05) is 18.5 Å². The van der Waals surface area contributed by atoms with Crippen LogP contribution in [0.4, 0.5) is 0 Å². The quantitative estimate of drug-likeness (QED) is 0.933. The average Bonchev–Trinajstić information content (AvgIpc) is 2.81. The summed E-state index contributed by atoms with van der Waals surface area (Å²) in [6, 6.07) is 13.3. The van der Waals surface area contributed by atoms with Gasteiger partial charge in [-0.1, -0.05) is 41.9 Å². The van der Waals surface area contributed by atoms with Gasteiger partial charge in [0.25, 0.3) is 5.91 Å². The van der Waals surface area contributed by atoms with E-state index in [1.54, 1.807) is 12.1 Å². The molecule has 0 atom stereocenters. The van der Waals surface area contributed by atoms with Crippen LogP contribution in [-0.4, -0.2) is 25.7 Å². The number of ether oxygens (including phenoxy) is 2. The molecule has 0 unspecified atom stereocenters. The van der Waals surface area contributed by atoms with E-state index >= 15 is 0 Å². The summed E-state index contributed by atoms with van der Waals surface area (Å²) < 4.78 is 11.2. The molecule has 1 N–H and O–H groups in total. The second-order valence-electron chi connectivity index (χ2n) is 5.33. The van der Waals surface area contributed by atoms with Crippen LogP contribution in [0.25, 0.3) is 0 Å². The van der Waals surface area contributed by atoms with Crippen molar-refractivity contribution >= 4 is 17.5 Å². The van der Waals surface area contributed by atoms with E-state index in [2.05, 4.69) is 5.32 Å². The van der Waals surface area contributed by atoms with Crippen molar-refractivity contribution in [3.8, 4) is 11.5 Å². The third-order valence-corrected chi connectivity index (χ3v) is 3.89. The van der Waals surface area contributed by atoms with Crippen molar-refractivity contribution in [2.24, 2.45) is 0 Å². The number of amides is 1. The number of nitrogens with one attached hydrogen (secondary N) is 1. The van der Waals surface area contributed by atoms with E-state index in [1.165, 1.54) is 5.56 Å². The Morgan fingerprint density at radius 2 is 1.91 bits per heavy atom. The van der Waals surface area contributed by atoms with Crippen LogP contribution in [0.3, 0.4) is 0 Å². The fraction of sp³-hybridized carbons (Fsp3) is 0.278. The highest BCUT2D eigenvalue weighted by molar-refractivity contribution is 6.32. The molecule has 23 heavy (non-hydrogen) atoms. The monoisotopic (exact) mass is 331 g/mol. The van der Waals surface area contributed by atoms with Crippen LogP contribution in [0.15, 0.2) is 42.5 Å². The largest absolute Gasteiger partial charge is 0.489 e. The number of halogens is 1. The van der Waals surface area contributed by atoms with E-state index in [-0.39, 0.29) is 5.91 Å². The van der Waals surface area contributed by atoms with Crippen molar-refractivity contribution in [1.82, 2.24) is 5.32 Å². The molecule has 3 rings (SSSR count). The van der Waals surface area contributed by atoms with Crippen LogP contribution in [-0.2, 0) is 6.42 Å². The first-order valence-electron chi connectivity index (χ1n) is 7.65. The number of hydrogen-bond donors (Lipinski definition) is 1. The molecule has 0 aliphatic carbocycles. The van der Waals surface area contributed by atoms with Crippen molar-refractivity contribution < 1.29 is 14.3 Å². The van der Waals surface area contributed by atoms with Gasteiger partial charge in [-0.05, 0) is 24.1 Å². The van der Waals surface area contributed by atoms with Crippen LogP contribution in [0.5, 0.6) is 11.5 Å². The molecule has 0 fully saturated rings. The number of carbonyl (C=O) groups excluding carboxylic acids is 1. The highest BCUT2D eigenvalue weighted by Gasteiger charge is 2.18. The standard InChI is InChI=1S/C18H18ClNO3/c19-15-11-14(12-16-17(15)23-10-4-9-22-16)18(21)20-8-7-13-5-2-1-3-6-13/h1-3,5-6,11-12H,4,7-10H2,(H,20,21).